The minimum absolute atomic E-state index is 0.194. The number of hydrogen-bond acceptors (Lipinski definition) is 4. The lowest BCUT2D eigenvalue weighted by molar-refractivity contribution is 0.102. The zero-order valence-electron chi connectivity index (χ0n) is 17.8. The fourth-order valence-electron chi connectivity index (χ4n) is 4.27. The number of para-hydroxylation sites is 1. The molecule has 4 aromatic rings. The number of benzene rings is 3. The summed E-state index contributed by atoms with van der Waals surface area (Å²) >= 11 is 0. The van der Waals surface area contributed by atoms with Crippen molar-refractivity contribution in [2.75, 3.05) is 18.4 Å². The minimum atomic E-state index is -3.63. The second-order valence-electron chi connectivity index (χ2n) is 8.21. The van der Waals surface area contributed by atoms with E-state index in [9.17, 15) is 13.2 Å². The number of sulfonamides is 1. The molecule has 1 aromatic heterocycles. The summed E-state index contributed by atoms with van der Waals surface area (Å²) in [6.07, 6.45) is 2.77. The molecule has 0 radical (unpaired) electrons. The van der Waals surface area contributed by atoms with Gasteiger partial charge < -0.3 is 9.73 Å². The highest BCUT2D eigenvalue weighted by Crippen LogP contribution is 2.31. The molecule has 0 saturated carbocycles. The molecule has 164 valence electrons. The number of piperidine rings is 1. The molecule has 3 aromatic carbocycles. The number of anilines is 1. The van der Waals surface area contributed by atoms with Crippen LogP contribution in [0.1, 0.15) is 35.2 Å². The Bertz CT molecular complexity index is 1430. The molecule has 1 amide bonds. The van der Waals surface area contributed by atoms with Gasteiger partial charge in [-0.15, -0.1) is 0 Å². The van der Waals surface area contributed by atoms with Crippen molar-refractivity contribution in [2.24, 2.45) is 0 Å². The van der Waals surface area contributed by atoms with Crippen molar-refractivity contribution in [1.82, 2.24) is 4.31 Å². The lowest BCUT2D eigenvalue weighted by Crippen LogP contribution is -2.36. The van der Waals surface area contributed by atoms with E-state index in [1.807, 2.05) is 36.4 Å². The Hall–Kier alpha value is -3.16. The van der Waals surface area contributed by atoms with E-state index in [0.29, 0.717) is 35.5 Å². The topological polar surface area (TPSA) is 79.6 Å². The molecule has 1 N–H and O–H groups in total. The highest BCUT2D eigenvalue weighted by atomic mass is 32.2. The summed E-state index contributed by atoms with van der Waals surface area (Å²) in [5, 5.41) is 4.86. The van der Waals surface area contributed by atoms with E-state index in [1.165, 1.54) is 10.4 Å². The standard InChI is InChI=1S/C25H24N2O4S/c1-17-9-10-18(15-24(17)32(29,30)27-13-5-2-6-14-27)25(28)26-19-11-12-21-20-7-3-4-8-22(20)31-23(21)16-19/h3-4,7-12,15-16H,2,5-6,13-14H2,1H3,(H,26,28). The number of rotatable bonds is 4. The van der Waals surface area contributed by atoms with Crippen molar-refractivity contribution in [3.63, 3.8) is 0 Å². The third kappa shape index (κ3) is 3.67. The third-order valence-corrected chi connectivity index (χ3v) is 8.06. The summed E-state index contributed by atoms with van der Waals surface area (Å²) in [5.74, 6) is -0.365. The van der Waals surface area contributed by atoms with E-state index in [2.05, 4.69) is 5.32 Å². The van der Waals surface area contributed by atoms with Crippen LogP contribution in [-0.4, -0.2) is 31.7 Å². The Kier molecular flexibility index (Phi) is 5.23. The predicted molar refractivity (Wildman–Crippen MR) is 125 cm³/mol. The van der Waals surface area contributed by atoms with Gasteiger partial charge in [-0.1, -0.05) is 30.7 Å². The van der Waals surface area contributed by atoms with E-state index in [1.54, 1.807) is 25.1 Å². The molecule has 0 unspecified atom stereocenters. The van der Waals surface area contributed by atoms with Crippen LogP contribution in [-0.2, 0) is 10.0 Å². The summed E-state index contributed by atoms with van der Waals surface area (Å²) in [6.45, 7) is 2.81. The quantitative estimate of drug-likeness (QED) is 0.458. The smallest absolute Gasteiger partial charge is 0.255 e. The number of carbonyl (C=O) groups is 1. The van der Waals surface area contributed by atoms with Crippen molar-refractivity contribution in [3.05, 3.63) is 71.8 Å². The summed E-state index contributed by atoms with van der Waals surface area (Å²) < 4.78 is 33.7. The molecule has 7 heteroatoms. The number of fused-ring (bicyclic) bond motifs is 3. The predicted octanol–water partition coefficient (Wildman–Crippen LogP) is 5.32. The Morgan fingerprint density at radius 3 is 2.47 bits per heavy atom. The molecule has 6 nitrogen and oxygen atoms in total. The van der Waals surface area contributed by atoms with Crippen LogP contribution in [0.3, 0.4) is 0 Å². The number of furan rings is 1. The van der Waals surface area contributed by atoms with Gasteiger partial charge in [0.15, 0.2) is 0 Å². The Morgan fingerprint density at radius 2 is 1.66 bits per heavy atom. The SMILES string of the molecule is Cc1ccc(C(=O)Nc2ccc3c(c2)oc2ccccc23)cc1S(=O)(=O)N1CCCCC1. The summed E-state index contributed by atoms with van der Waals surface area (Å²) in [7, 11) is -3.63. The average Bonchev–Trinajstić information content (AvgIpc) is 3.17. The van der Waals surface area contributed by atoms with Gasteiger partial charge in [-0.2, -0.15) is 4.31 Å². The number of hydrogen-bond donors (Lipinski definition) is 1. The van der Waals surface area contributed by atoms with Crippen LogP contribution >= 0.6 is 0 Å². The summed E-state index contributed by atoms with van der Waals surface area (Å²) in [5.41, 5.74) is 2.99. The monoisotopic (exact) mass is 448 g/mol. The van der Waals surface area contributed by atoms with Crippen molar-refractivity contribution < 1.29 is 17.6 Å². The van der Waals surface area contributed by atoms with Crippen LogP contribution < -0.4 is 5.32 Å². The van der Waals surface area contributed by atoms with Gasteiger partial charge in [0.2, 0.25) is 10.0 Å². The van der Waals surface area contributed by atoms with E-state index < -0.39 is 10.0 Å². The number of amides is 1. The van der Waals surface area contributed by atoms with Gasteiger partial charge in [0.25, 0.3) is 5.91 Å². The maximum absolute atomic E-state index is 13.2. The van der Waals surface area contributed by atoms with E-state index in [4.69, 9.17) is 4.42 Å². The lowest BCUT2D eigenvalue weighted by atomic mass is 10.1. The Labute approximate surface area is 186 Å². The van der Waals surface area contributed by atoms with Crippen LogP contribution in [0.2, 0.25) is 0 Å². The molecule has 0 bridgehead atoms. The van der Waals surface area contributed by atoms with Crippen LogP contribution in [0.5, 0.6) is 0 Å². The minimum Gasteiger partial charge on any atom is -0.456 e. The van der Waals surface area contributed by atoms with Gasteiger partial charge in [-0.05, 0) is 55.7 Å². The van der Waals surface area contributed by atoms with Gasteiger partial charge in [-0.25, -0.2) is 8.42 Å². The first kappa shape index (κ1) is 20.7. The molecule has 2 heterocycles. The maximum Gasteiger partial charge on any atom is 0.255 e. The van der Waals surface area contributed by atoms with Gasteiger partial charge in [-0.3, -0.25) is 4.79 Å². The van der Waals surface area contributed by atoms with Crippen molar-refractivity contribution in [1.29, 1.82) is 0 Å². The highest BCUT2D eigenvalue weighted by Gasteiger charge is 2.28. The summed E-state index contributed by atoms with van der Waals surface area (Å²) in [6, 6.07) is 18.1. The molecule has 32 heavy (non-hydrogen) atoms. The molecule has 1 fully saturated rings. The second kappa shape index (κ2) is 8.07. The van der Waals surface area contributed by atoms with E-state index >= 15 is 0 Å². The normalized spacial score (nSPS) is 15.3. The molecular weight excluding hydrogens is 424 g/mol. The maximum atomic E-state index is 13.2. The molecule has 0 spiro atoms. The molecule has 5 rings (SSSR count). The van der Waals surface area contributed by atoms with Crippen molar-refractivity contribution in [2.45, 2.75) is 31.1 Å². The van der Waals surface area contributed by atoms with Crippen LogP contribution in [0, 0.1) is 6.92 Å². The largest absolute Gasteiger partial charge is 0.456 e. The lowest BCUT2D eigenvalue weighted by Gasteiger charge is -2.26. The first-order valence-corrected chi connectivity index (χ1v) is 12.2. The van der Waals surface area contributed by atoms with Crippen molar-refractivity contribution >= 4 is 43.6 Å². The first-order valence-electron chi connectivity index (χ1n) is 10.8. The van der Waals surface area contributed by atoms with E-state index in [0.717, 1.165) is 35.6 Å². The Morgan fingerprint density at radius 1 is 0.906 bits per heavy atom. The molecule has 1 saturated heterocycles. The number of carbonyl (C=O) groups excluding carboxylic acids is 1. The van der Waals surface area contributed by atoms with Gasteiger partial charge in [0, 0.05) is 41.2 Å². The third-order valence-electron chi connectivity index (χ3n) is 6.02. The van der Waals surface area contributed by atoms with Gasteiger partial charge in [0.1, 0.15) is 11.2 Å². The highest BCUT2D eigenvalue weighted by molar-refractivity contribution is 7.89. The van der Waals surface area contributed by atoms with E-state index in [-0.39, 0.29) is 10.8 Å². The first-order chi connectivity index (χ1) is 15.4. The van der Waals surface area contributed by atoms with Gasteiger partial charge >= 0.3 is 0 Å². The van der Waals surface area contributed by atoms with Crippen LogP contribution in [0.15, 0.2) is 70.0 Å². The number of nitrogens with zero attached hydrogens (tertiary/aromatic N) is 1. The second-order valence-corrected chi connectivity index (χ2v) is 10.1. The molecule has 1 aliphatic heterocycles. The van der Waals surface area contributed by atoms with Crippen LogP contribution in [0.4, 0.5) is 5.69 Å². The molecule has 0 aliphatic carbocycles. The Balaban J connectivity index is 1.43. The molecule has 1 aliphatic rings. The fourth-order valence-corrected chi connectivity index (χ4v) is 6.04. The fraction of sp³-hybridized carbons (Fsp3) is 0.240. The zero-order chi connectivity index (χ0) is 22.3. The van der Waals surface area contributed by atoms with Gasteiger partial charge in [0.05, 0.1) is 4.90 Å². The van der Waals surface area contributed by atoms with Crippen molar-refractivity contribution in [3.8, 4) is 0 Å². The number of aryl methyl sites for hydroxylation is 1. The summed E-state index contributed by atoms with van der Waals surface area (Å²) in [4.78, 5) is 13.1. The average molecular weight is 449 g/mol. The molecule has 0 atom stereocenters. The van der Waals surface area contributed by atoms with Crippen LogP contribution in [0.25, 0.3) is 21.9 Å². The zero-order valence-corrected chi connectivity index (χ0v) is 18.6. The molecular formula is C25H24N2O4S. The number of nitrogens with one attached hydrogen (secondary N) is 1.